The van der Waals surface area contributed by atoms with Crippen LogP contribution in [0.1, 0.15) is 10.4 Å². The zero-order valence-electron chi connectivity index (χ0n) is 12.0. The fourth-order valence-corrected chi connectivity index (χ4v) is 3.40. The van der Waals surface area contributed by atoms with Gasteiger partial charge in [-0.05, 0) is 24.3 Å². The zero-order valence-corrected chi connectivity index (χ0v) is 12.8. The second-order valence-electron chi connectivity index (χ2n) is 4.79. The first-order valence-corrected chi connectivity index (χ1v) is 8.11. The zero-order chi connectivity index (χ0) is 17.0. The van der Waals surface area contributed by atoms with Gasteiger partial charge in [-0.15, -0.1) is 0 Å². The molecule has 9 nitrogen and oxygen atoms in total. The minimum absolute atomic E-state index is 0.0398. The van der Waals surface area contributed by atoms with Gasteiger partial charge in [0.15, 0.2) is 0 Å². The third-order valence-electron chi connectivity index (χ3n) is 3.16. The number of sulfonamides is 1. The Morgan fingerprint density at radius 3 is 2.48 bits per heavy atom. The molecule has 0 unspecified atom stereocenters. The Balaban J connectivity index is 2.13. The first-order valence-electron chi connectivity index (χ1n) is 6.67. The molecular weight excluding hydrogens is 326 g/mol. The molecule has 2 amide bonds. The van der Waals surface area contributed by atoms with Crippen molar-refractivity contribution in [3.05, 3.63) is 29.8 Å². The van der Waals surface area contributed by atoms with Crippen LogP contribution in [0.25, 0.3) is 0 Å². The predicted octanol–water partition coefficient (Wildman–Crippen LogP) is -1.38. The van der Waals surface area contributed by atoms with Gasteiger partial charge >= 0.3 is 5.97 Å². The van der Waals surface area contributed by atoms with Crippen molar-refractivity contribution in [1.82, 2.24) is 14.9 Å². The molecule has 1 aliphatic heterocycles. The summed E-state index contributed by atoms with van der Waals surface area (Å²) in [6, 6.07) is 5.07. The molecule has 0 saturated carbocycles. The molecule has 0 aromatic heterocycles. The van der Waals surface area contributed by atoms with Crippen LogP contribution in [0.3, 0.4) is 0 Å². The summed E-state index contributed by atoms with van der Waals surface area (Å²) in [5.41, 5.74) is 0.140. The largest absolute Gasteiger partial charge is 0.480 e. The van der Waals surface area contributed by atoms with Crippen molar-refractivity contribution >= 4 is 27.8 Å². The summed E-state index contributed by atoms with van der Waals surface area (Å²) < 4.78 is 25.9. The average Bonchev–Trinajstić information content (AvgIpc) is 2.52. The summed E-state index contributed by atoms with van der Waals surface area (Å²) in [4.78, 5) is 33.3. The van der Waals surface area contributed by atoms with Gasteiger partial charge in [-0.25, -0.2) is 8.42 Å². The van der Waals surface area contributed by atoms with E-state index in [0.717, 1.165) is 4.31 Å². The van der Waals surface area contributed by atoms with Gasteiger partial charge in [0, 0.05) is 18.7 Å². The molecule has 0 bridgehead atoms. The van der Waals surface area contributed by atoms with Gasteiger partial charge in [0.1, 0.15) is 6.54 Å². The molecule has 3 N–H and O–H groups in total. The van der Waals surface area contributed by atoms with E-state index in [1.165, 1.54) is 24.3 Å². The van der Waals surface area contributed by atoms with Crippen LogP contribution in [0.2, 0.25) is 0 Å². The number of hydrogen-bond donors (Lipinski definition) is 3. The maximum Gasteiger partial charge on any atom is 0.322 e. The Labute approximate surface area is 132 Å². The Morgan fingerprint density at radius 2 is 1.91 bits per heavy atom. The van der Waals surface area contributed by atoms with Crippen LogP contribution in [-0.4, -0.2) is 61.8 Å². The molecule has 0 atom stereocenters. The molecule has 1 heterocycles. The number of amides is 2. The number of carboxylic acids is 1. The van der Waals surface area contributed by atoms with Crippen molar-refractivity contribution < 1.29 is 27.9 Å². The minimum Gasteiger partial charge on any atom is -0.480 e. The molecule has 2 rings (SSSR count). The molecule has 1 fully saturated rings. The van der Waals surface area contributed by atoms with E-state index in [0.29, 0.717) is 0 Å². The number of carboxylic acid groups (broad SMARTS) is 1. The minimum atomic E-state index is -3.82. The number of nitrogens with one attached hydrogen (secondary N) is 2. The number of nitrogens with zero attached hydrogens (tertiary/aromatic N) is 1. The number of carbonyl (C=O) groups is 3. The Kier molecular flexibility index (Phi) is 4.96. The van der Waals surface area contributed by atoms with Crippen LogP contribution in [0.5, 0.6) is 0 Å². The van der Waals surface area contributed by atoms with Crippen molar-refractivity contribution in [2.75, 3.05) is 26.2 Å². The number of rotatable bonds is 5. The van der Waals surface area contributed by atoms with Gasteiger partial charge in [0.25, 0.3) is 5.91 Å². The van der Waals surface area contributed by atoms with Crippen LogP contribution in [-0.2, 0) is 19.6 Å². The summed E-state index contributed by atoms with van der Waals surface area (Å²) in [7, 11) is -3.82. The third-order valence-corrected chi connectivity index (χ3v) is 5.02. The number of hydrogen-bond acceptors (Lipinski definition) is 5. The Hall–Kier alpha value is -2.46. The predicted molar refractivity (Wildman–Crippen MR) is 78.2 cm³/mol. The van der Waals surface area contributed by atoms with E-state index < -0.39 is 28.4 Å². The third kappa shape index (κ3) is 4.05. The van der Waals surface area contributed by atoms with Crippen molar-refractivity contribution in [3.8, 4) is 0 Å². The van der Waals surface area contributed by atoms with Gasteiger partial charge in [0.05, 0.1) is 11.4 Å². The molecule has 1 aromatic rings. The quantitative estimate of drug-likeness (QED) is 0.605. The molecule has 23 heavy (non-hydrogen) atoms. The lowest BCUT2D eigenvalue weighted by Crippen LogP contribution is -2.49. The highest BCUT2D eigenvalue weighted by Gasteiger charge is 2.29. The molecule has 1 aromatic carbocycles. The summed E-state index contributed by atoms with van der Waals surface area (Å²) >= 11 is 0. The number of carbonyl (C=O) groups excluding carboxylic acids is 2. The van der Waals surface area contributed by atoms with Gasteiger partial charge in [-0.3, -0.25) is 14.4 Å². The summed E-state index contributed by atoms with van der Waals surface area (Å²) in [5, 5.41) is 13.2. The number of benzene rings is 1. The van der Waals surface area contributed by atoms with E-state index in [4.69, 9.17) is 5.11 Å². The van der Waals surface area contributed by atoms with Gasteiger partial charge in [0.2, 0.25) is 15.9 Å². The normalized spacial score (nSPS) is 15.7. The van der Waals surface area contributed by atoms with Crippen LogP contribution in [0.15, 0.2) is 29.2 Å². The number of piperazine rings is 1. The van der Waals surface area contributed by atoms with E-state index in [-0.39, 0.29) is 36.0 Å². The fourth-order valence-electron chi connectivity index (χ4n) is 2.01. The van der Waals surface area contributed by atoms with Crippen LogP contribution in [0, 0.1) is 0 Å². The summed E-state index contributed by atoms with van der Waals surface area (Å²) in [6.45, 7) is -0.354. The maximum absolute atomic E-state index is 12.4. The number of aliphatic carboxylic acids is 1. The molecule has 10 heteroatoms. The summed E-state index contributed by atoms with van der Waals surface area (Å²) in [6.07, 6.45) is 0. The smallest absolute Gasteiger partial charge is 0.322 e. The van der Waals surface area contributed by atoms with Crippen molar-refractivity contribution in [3.63, 3.8) is 0 Å². The SMILES string of the molecule is O=C(O)CNC(=O)c1ccc(S(=O)(=O)N2CCNC(=O)C2)cc1. The second kappa shape index (κ2) is 6.75. The van der Waals surface area contributed by atoms with Gasteiger partial charge < -0.3 is 15.7 Å². The standard InChI is InChI=1S/C13H15N3O6S/c17-11-8-16(6-5-14-11)23(21,22)10-3-1-9(2-4-10)13(20)15-7-12(18)19/h1-4H,5-8H2,(H,14,17)(H,15,20)(H,18,19). The fraction of sp³-hybridized carbons (Fsp3) is 0.308. The Bertz CT molecular complexity index is 729. The van der Waals surface area contributed by atoms with E-state index in [1.54, 1.807) is 0 Å². The molecule has 0 aliphatic carbocycles. The highest BCUT2D eigenvalue weighted by molar-refractivity contribution is 7.89. The van der Waals surface area contributed by atoms with E-state index in [2.05, 4.69) is 10.6 Å². The lowest BCUT2D eigenvalue weighted by atomic mass is 10.2. The molecular formula is C13H15N3O6S. The lowest BCUT2D eigenvalue weighted by molar-refractivity contribution is -0.135. The highest BCUT2D eigenvalue weighted by Crippen LogP contribution is 2.17. The second-order valence-corrected chi connectivity index (χ2v) is 6.73. The van der Waals surface area contributed by atoms with Gasteiger partial charge in [-0.2, -0.15) is 4.31 Å². The maximum atomic E-state index is 12.4. The summed E-state index contributed by atoms with van der Waals surface area (Å²) in [5.74, 6) is -2.17. The molecule has 0 spiro atoms. The average molecular weight is 341 g/mol. The topological polar surface area (TPSA) is 133 Å². The van der Waals surface area contributed by atoms with Gasteiger partial charge in [-0.1, -0.05) is 0 Å². The van der Waals surface area contributed by atoms with Crippen molar-refractivity contribution in [2.45, 2.75) is 4.90 Å². The van der Waals surface area contributed by atoms with Crippen LogP contribution < -0.4 is 10.6 Å². The molecule has 1 saturated heterocycles. The van der Waals surface area contributed by atoms with Crippen LogP contribution >= 0.6 is 0 Å². The monoisotopic (exact) mass is 341 g/mol. The molecule has 0 radical (unpaired) electrons. The molecule has 124 valence electrons. The molecule has 1 aliphatic rings. The Morgan fingerprint density at radius 1 is 1.26 bits per heavy atom. The van der Waals surface area contributed by atoms with E-state index >= 15 is 0 Å². The van der Waals surface area contributed by atoms with E-state index in [1.807, 2.05) is 0 Å². The highest BCUT2D eigenvalue weighted by atomic mass is 32.2. The lowest BCUT2D eigenvalue weighted by Gasteiger charge is -2.25. The first kappa shape index (κ1) is 16.9. The van der Waals surface area contributed by atoms with Crippen LogP contribution in [0.4, 0.5) is 0 Å². The van der Waals surface area contributed by atoms with E-state index in [9.17, 15) is 22.8 Å². The van der Waals surface area contributed by atoms with Crippen molar-refractivity contribution in [2.24, 2.45) is 0 Å². The first-order chi connectivity index (χ1) is 10.8. The van der Waals surface area contributed by atoms with Crippen molar-refractivity contribution in [1.29, 1.82) is 0 Å².